The van der Waals surface area contributed by atoms with Crippen LogP contribution in [0.25, 0.3) is 0 Å². The van der Waals surface area contributed by atoms with E-state index in [1.807, 2.05) is 69.3 Å². The van der Waals surface area contributed by atoms with Gasteiger partial charge in [0.05, 0.1) is 0 Å². The van der Waals surface area contributed by atoms with Gasteiger partial charge in [-0.3, -0.25) is 14.5 Å². The molecule has 6 nitrogen and oxygen atoms in total. The highest BCUT2D eigenvalue weighted by atomic mass is 16.2. The molecule has 6 heteroatoms. The normalized spacial score (nSPS) is 23.8. The van der Waals surface area contributed by atoms with Crippen LogP contribution in [0.15, 0.2) is 48.5 Å². The predicted molar refractivity (Wildman–Crippen MR) is 118 cm³/mol. The van der Waals surface area contributed by atoms with Crippen molar-refractivity contribution < 1.29 is 14.4 Å². The molecule has 1 N–H and O–H groups in total. The zero-order chi connectivity index (χ0) is 22.2. The topological polar surface area (TPSA) is 69.7 Å². The molecule has 0 spiro atoms. The second-order valence-corrected chi connectivity index (χ2v) is 8.67. The lowest BCUT2D eigenvalue weighted by atomic mass is 9.81. The molecule has 4 rings (SSSR count). The molecule has 2 aromatic carbocycles. The number of urea groups is 1. The van der Waals surface area contributed by atoms with Gasteiger partial charge in [-0.25, -0.2) is 4.79 Å². The molecule has 2 fully saturated rings. The summed E-state index contributed by atoms with van der Waals surface area (Å²) in [5.41, 5.74) is 2.17. The summed E-state index contributed by atoms with van der Waals surface area (Å²) >= 11 is 0. The van der Waals surface area contributed by atoms with Gasteiger partial charge in [0.1, 0.15) is 6.54 Å². The number of hydrogen-bond acceptors (Lipinski definition) is 3. The third kappa shape index (κ3) is 3.60. The van der Waals surface area contributed by atoms with Gasteiger partial charge in [-0.2, -0.15) is 0 Å². The molecule has 2 aromatic rings. The minimum Gasteiger partial charge on any atom is -0.338 e. The summed E-state index contributed by atoms with van der Waals surface area (Å²) in [5, 5.41) is 2.93. The van der Waals surface area contributed by atoms with Crippen LogP contribution in [0.4, 0.5) is 4.79 Å². The predicted octanol–water partition coefficient (Wildman–Crippen LogP) is 3.50. The highest BCUT2D eigenvalue weighted by molar-refractivity contribution is 6.11. The summed E-state index contributed by atoms with van der Waals surface area (Å²) in [5.74, 6) is -0.593. The molecule has 4 amide bonds. The van der Waals surface area contributed by atoms with Crippen LogP contribution in [0.2, 0.25) is 0 Å². The van der Waals surface area contributed by atoms with Crippen LogP contribution in [-0.4, -0.2) is 46.8 Å². The van der Waals surface area contributed by atoms with Crippen LogP contribution in [0.1, 0.15) is 48.4 Å². The van der Waals surface area contributed by atoms with E-state index in [1.54, 1.807) is 4.90 Å². The smallest absolute Gasteiger partial charge is 0.326 e. The van der Waals surface area contributed by atoms with Gasteiger partial charge in [-0.15, -0.1) is 0 Å². The Balaban J connectivity index is 1.72. The molecule has 0 aliphatic carbocycles. The van der Waals surface area contributed by atoms with Crippen molar-refractivity contribution in [2.75, 3.05) is 13.1 Å². The molecule has 0 bridgehead atoms. The highest BCUT2D eigenvalue weighted by Gasteiger charge is 2.54. The Labute approximate surface area is 183 Å². The number of imide groups is 1. The third-order valence-corrected chi connectivity index (χ3v) is 6.67. The Hall–Kier alpha value is -3.15. The molecule has 0 saturated carbocycles. The number of rotatable bonds is 4. The quantitative estimate of drug-likeness (QED) is 0.771. The minimum absolute atomic E-state index is 0.126. The van der Waals surface area contributed by atoms with E-state index in [4.69, 9.17) is 0 Å². The van der Waals surface area contributed by atoms with Crippen molar-refractivity contribution in [1.82, 2.24) is 15.1 Å². The van der Waals surface area contributed by atoms with E-state index in [-0.39, 0.29) is 18.5 Å². The second-order valence-electron chi connectivity index (χ2n) is 8.67. The van der Waals surface area contributed by atoms with E-state index in [9.17, 15) is 14.4 Å². The summed E-state index contributed by atoms with van der Waals surface area (Å²) in [7, 11) is 0. The van der Waals surface area contributed by atoms with E-state index in [2.05, 4.69) is 5.32 Å². The van der Waals surface area contributed by atoms with E-state index < -0.39 is 17.5 Å². The summed E-state index contributed by atoms with van der Waals surface area (Å²) in [6.45, 7) is 6.44. The van der Waals surface area contributed by atoms with Crippen molar-refractivity contribution >= 4 is 17.8 Å². The molecule has 2 atom stereocenters. The van der Waals surface area contributed by atoms with E-state index >= 15 is 0 Å². The van der Waals surface area contributed by atoms with Crippen molar-refractivity contribution in [1.29, 1.82) is 0 Å². The lowest BCUT2D eigenvalue weighted by Crippen LogP contribution is -2.49. The summed E-state index contributed by atoms with van der Waals surface area (Å²) < 4.78 is 0. The maximum atomic E-state index is 13.8. The molecule has 0 aromatic heterocycles. The first kappa shape index (κ1) is 21.1. The van der Waals surface area contributed by atoms with E-state index in [1.165, 1.54) is 0 Å². The number of amides is 4. The molecular formula is C25H29N3O3. The average molecular weight is 420 g/mol. The number of nitrogens with zero attached hydrogens (tertiary/aromatic N) is 2. The molecule has 162 valence electrons. The monoisotopic (exact) mass is 419 g/mol. The average Bonchev–Trinajstić information content (AvgIpc) is 3.02. The number of aryl methyl sites for hydroxylation is 2. The van der Waals surface area contributed by atoms with Gasteiger partial charge >= 0.3 is 6.03 Å². The molecule has 2 saturated heterocycles. The molecule has 2 heterocycles. The van der Waals surface area contributed by atoms with Crippen LogP contribution in [0.3, 0.4) is 0 Å². The van der Waals surface area contributed by atoms with Crippen LogP contribution in [-0.2, 0) is 15.1 Å². The SMILES string of the molecule is Cc1ccc([C@@]2(c3ccccc3)NC(=O)N(CC(=O)N3CCCC[C@@H]3C)C2=O)cc1C. The summed E-state index contributed by atoms with van der Waals surface area (Å²) in [4.78, 5) is 42.7. The zero-order valence-corrected chi connectivity index (χ0v) is 18.4. The Morgan fingerprint density at radius 3 is 2.45 bits per heavy atom. The van der Waals surface area contributed by atoms with E-state index in [0.717, 1.165) is 35.3 Å². The van der Waals surface area contributed by atoms with Crippen LogP contribution in [0.5, 0.6) is 0 Å². The van der Waals surface area contributed by atoms with Gasteiger partial charge < -0.3 is 10.2 Å². The van der Waals surface area contributed by atoms with Gasteiger partial charge in [-0.1, -0.05) is 48.5 Å². The molecule has 31 heavy (non-hydrogen) atoms. The molecular weight excluding hydrogens is 390 g/mol. The first-order valence-corrected chi connectivity index (χ1v) is 10.9. The first-order chi connectivity index (χ1) is 14.8. The molecule has 2 aliphatic rings. The lowest BCUT2D eigenvalue weighted by molar-refractivity contribution is -0.140. The van der Waals surface area contributed by atoms with Crippen molar-refractivity contribution in [3.8, 4) is 0 Å². The summed E-state index contributed by atoms with van der Waals surface area (Å²) in [6, 6.07) is 14.6. The number of likely N-dealkylation sites (tertiary alicyclic amines) is 1. The largest absolute Gasteiger partial charge is 0.338 e. The van der Waals surface area contributed by atoms with E-state index in [0.29, 0.717) is 17.7 Å². The fourth-order valence-corrected chi connectivity index (χ4v) is 4.64. The number of carbonyl (C=O) groups excluding carboxylic acids is 3. The zero-order valence-electron chi connectivity index (χ0n) is 18.4. The van der Waals surface area contributed by atoms with Crippen molar-refractivity contribution in [2.24, 2.45) is 0 Å². The lowest BCUT2D eigenvalue weighted by Gasteiger charge is -2.34. The molecule has 0 unspecified atom stereocenters. The molecule has 0 radical (unpaired) electrons. The van der Waals surface area contributed by atoms with Gasteiger partial charge in [0, 0.05) is 12.6 Å². The molecule has 2 aliphatic heterocycles. The first-order valence-electron chi connectivity index (χ1n) is 10.9. The standard InChI is InChI=1S/C25H29N3O3/c1-17-12-13-21(15-18(17)2)25(20-10-5-4-6-11-20)23(30)28(24(31)26-25)16-22(29)27-14-8-7-9-19(27)3/h4-6,10-13,15,19H,7-9,14,16H2,1-3H3,(H,26,31)/t19-,25+/m0/s1. The van der Waals surface area contributed by atoms with Crippen LogP contribution in [0, 0.1) is 13.8 Å². The van der Waals surface area contributed by atoms with Gasteiger partial charge in [0.25, 0.3) is 5.91 Å². The van der Waals surface area contributed by atoms with Gasteiger partial charge in [-0.05, 0) is 62.3 Å². The summed E-state index contributed by atoms with van der Waals surface area (Å²) in [6.07, 6.45) is 2.99. The highest BCUT2D eigenvalue weighted by Crippen LogP contribution is 2.37. The Bertz CT molecular complexity index is 1020. The number of hydrogen-bond donors (Lipinski definition) is 1. The van der Waals surface area contributed by atoms with Crippen molar-refractivity contribution in [2.45, 2.75) is 51.6 Å². The Morgan fingerprint density at radius 1 is 1.03 bits per heavy atom. The number of piperidine rings is 1. The fraction of sp³-hybridized carbons (Fsp3) is 0.400. The van der Waals surface area contributed by atoms with Crippen molar-refractivity contribution in [3.05, 3.63) is 70.8 Å². The number of carbonyl (C=O) groups is 3. The second kappa shape index (κ2) is 8.17. The maximum absolute atomic E-state index is 13.8. The third-order valence-electron chi connectivity index (χ3n) is 6.67. The van der Waals surface area contributed by atoms with Gasteiger partial charge in [0.15, 0.2) is 5.54 Å². The maximum Gasteiger partial charge on any atom is 0.326 e. The number of benzene rings is 2. The van der Waals surface area contributed by atoms with Crippen LogP contribution < -0.4 is 5.32 Å². The van der Waals surface area contributed by atoms with Crippen molar-refractivity contribution in [3.63, 3.8) is 0 Å². The number of nitrogens with one attached hydrogen (secondary N) is 1. The van der Waals surface area contributed by atoms with Crippen LogP contribution >= 0.6 is 0 Å². The Kier molecular flexibility index (Phi) is 5.56. The van der Waals surface area contributed by atoms with Gasteiger partial charge in [0.2, 0.25) is 5.91 Å². The minimum atomic E-state index is -1.34. The fourth-order valence-electron chi connectivity index (χ4n) is 4.64. The Morgan fingerprint density at radius 2 is 1.77 bits per heavy atom.